The van der Waals surface area contributed by atoms with E-state index in [1.807, 2.05) is 18.2 Å². The van der Waals surface area contributed by atoms with Gasteiger partial charge in [-0.3, -0.25) is 4.79 Å². The first-order valence-corrected chi connectivity index (χ1v) is 9.88. The predicted octanol–water partition coefficient (Wildman–Crippen LogP) is 4.06. The monoisotopic (exact) mass is 422 g/mol. The standard InChI is InChI=1S/C21H25F3N4O2/c1-2-17-20(29)28(14-21(22,23)24)13-15-12-16(7-8-18(15)27-17)30-11-5-10-26-19-6-3-4-9-25-19/h3-4,6-9,12,17,27H,2,5,10-11,13-14H2,1H3,(H,25,26). The van der Waals surface area contributed by atoms with E-state index in [4.69, 9.17) is 4.74 Å². The first kappa shape index (κ1) is 21.7. The molecule has 2 N–H and O–H groups in total. The smallest absolute Gasteiger partial charge is 0.406 e. The van der Waals surface area contributed by atoms with Crippen LogP contribution < -0.4 is 15.4 Å². The lowest BCUT2D eigenvalue weighted by atomic mass is 10.1. The second kappa shape index (κ2) is 9.69. The van der Waals surface area contributed by atoms with Crippen molar-refractivity contribution in [2.75, 3.05) is 30.3 Å². The summed E-state index contributed by atoms with van der Waals surface area (Å²) in [5.74, 6) is 0.797. The number of anilines is 2. The minimum absolute atomic E-state index is 0.115. The van der Waals surface area contributed by atoms with Gasteiger partial charge in [-0.1, -0.05) is 13.0 Å². The highest BCUT2D eigenvalue weighted by atomic mass is 19.4. The van der Waals surface area contributed by atoms with Crippen molar-refractivity contribution < 1.29 is 22.7 Å². The quantitative estimate of drug-likeness (QED) is 0.628. The second-order valence-corrected chi connectivity index (χ2v) is 7.08. The van der Waals surface area contributed by atoms with Crippen molar-refractivity contribution in [1.82, 2.24) is 9.88 Å². The topological polar surface area (TPSA) is 66.5 Å². The van der Waals surface area contributed by atoms with Crippen LogP contribution in [0.5, 0.6) is 5.75 Å². The lowest BCUT2D eigenvalue weighted by Crippen LogP contribution is -2.44. The molecule has 0 spiro atoms. The molecule has 0 radical (unpaired) electrons. The molecule has 162 valence electrons. The Morgan fingerprint density at radius 3 is 2.83 bits per heavy atom. The van der Waals surface area contributed by atoms with E-state index in [9.17, 15) is 18.0 Å². The summed E-state index contributed by atoms with van der Waals surface area (Å²) in [7, 11) is 0. The maximum Gasteiger partial charge on any atom is 0.406 e. The fraction of sp³-hybridized carbons (Fsp3) is 0.429. The molecule has 0 bridgehead atoms. The fourth-order valence-electron chi connectivity index (χ4n) is 3.26. The van der Waals surface area contributed by atoms with Gasteiger partial charge >= 0.3 is 6.18 Å². The molecule has 1 atom stereocenters. The molecule has 3 rings (SSSR count). The third kappa shape index (κ3) is 6.01. The van der Waals surface area contributed by atoms with E-state index >= 15 is 0 Å². The Kier molecular flexibility index (Phi) is 7.02. The third-order valence-corrected chi connectivity index (χ3v) is 4.72. The number of benzene rings is 1. The number of nitrogens with one attached hydrogen (secondary N) is 2. The summed E-state index contributed by atoms with van der Waals surface area (Å²) in [5.41, 5.74) is 1.26. The number of fused-ring (bicyclic) bond motifs is 1. The van der Waals surface area contributed by atoms with E-state index in [-0.39, 0.29) is 6.54 Å². The van der Waals surface area contributed by atoms with Gasteiger partial charge in [-0.05, 0) is 48.7 Å². The van der Waals surface area contributed by atoms with E-state index in [1.165, 1.54) is 0 Å². The fourth-order valence-corrected chi connectivity index (χ4v) is 3.26. The molecule has 1 unspecified atom stereocenters. The van der Waals surface area contributed by atoms with Crippen LogP contribution >= 0.6 is 0 Å². The Balaban J connectivity index is 1.60. The normalized spacial score (nSPS) is 16.5. The number of alkyl halides is 3. The SMILES string of the molecule is CCC1Nc2ccc(OCCCNc3ccccn3)cc2CN(CC(F)(F)F)C1=O. The molecular formula is C21H25F3N4O2. The molecule has 1 aromatic heterocycles. The third-order valence-electron chi connectivity index (χ3n) is 4.72. The van der Waals surface area contributed by atoms with Crippen molar-refractivity contribution in [3.63, 3.8) is 0 Å². The Morgan fingerprint density at radius 2 is 2.13 bits per heavy atom. The Morgan fingerprint density at radius 1 is 1.30 bits per heavy atom. The number of pyridine rings is 1. The number of hydrogen-bond donors (Lipinski definition) is 2. The molecule has 0 fully saturated rings. The summed E-state index contributed by atoms with van der Waals surface area (Å²) in [6.45, 7) is 1.50. The van der Waals surface area contributed by atoms with Crippen LogP contribution in [0.1, 0.15) is 25.3 Å². The maximum atomic E-state index is 12.9. The molecule has 1 aromatic carbocycles. The number of hydrogen-bond acceptors (Lipinski definition) is 5. The molecule has 0 aliphatic carbocycles. The van der Waals surface area contributed by atoms with Crippen LogP contribution in [0, 0.1) is 0 Å². The molecule has 2 heterocycles. The number of ether oxygens (including phenoxy) is 1. The highest BCUT2D eigenvalue weighted by Gasteiger charge is 2.37. The zero-order valence-electron chi connectivity index (χ0n) is 16.7. The van der Waals surface area contributed by atoms with Gasteiger partial charge in [0.05, 0.1) is 6.61 Å². The van der Waals surface area contributed by atoms with Crippen LogP contribution in [0.15, 0.2) is 42.6 Å². The van der Waals surface area contributed by atoms with Gasteiger partial charge in [-0.15, -0.1) is 0 Å². The zero-order chi connectivity index (χ0) is 21.6. The molecule has 0 saturated carbocycles. The molecule has 6 nitrogen and oxygen atoms in total. The Bertz CT molecular complexity index is 846. The highest BCUT2D eigenvalue weighted by molar-refractivity contribution is 5.86. The molecule has 2 aromatic rings. The summed E-state index contributed by atoms with van der Waals surface area (Å²) in [6, 6.07) is 10.1. The maximum absolute atomic E-state index is 12.9. The first-order chi connectivity index (χ1) is 14.4. The number of carbonyl (C=O) groups excluding carboxylic acids is 1. The lowest BCUT2D eigenvalue weighted by Gasteiger charge is -2.25. The predicted molar refractivity (Wildman–Crippen MR) is 108 cm³/mol. The van der Waals surface area contributed by atoms with Crippen molar-refractivity contribution >= 4 is 17.4 Å². The summed E-state index contributed by atoms with van der Waals surface area (Å²) in [4.78, 5) is 17.5. The number of nitrogens with zero attached hydrogens (tertiary/aromatic N) is 2. The minimum atomic E-state index is -4.45. The van der Waals surface area contributed by atoms with Gasteiger partial charge in [-0.25, -0.2) is 4.98 Å². The summed E-state index contributed by atoms with van der Waals surface area (Å²) in [6.07, 6.45) is -1.62. The van der Waals surface area contributed by atoms with Crippen LogP contribution in [0.4, 0.5) is 24.7 Å². The number of aromatic nitrogens is 1. The van der Waals surface area contributed by atoms with Gasteiger partial charge in [0.15, 0.2) is 0 Å². The molecule has 1 amide bonds. The van der Waals surface area contributed by atoms with Gasteiger partial charge in [-0.2, -0.15) is 13.2 Å². The Hall–Kier alpha value is -2.97. The van der Waals surface area contributed by atoms with Crippen molar-refractivity contribution in [2.45, 2.75) is 38.5 Å². The van der Waals surface area contributed by atoms with Crippen molar-refractivity contribution in [2.24, 2.45) is 0 Å². The molecule has 9 heteroatoms. The van der Waals surface area contributed by atoms with Gasteiger partial charge in [0, 0.05) is 25.0 Å². The van der Waals surface area contributed by atoms with Crippen LogP contribution in [-0.4, -0.2) is 47.7 Å². The van der Waals surface area contributed by atoms with Crippen LogP contribution in [0.25, 0.3) is 0 Å². The van der Waals surface area contributed by atoms with Gasteiger partial charge in [0.2, 0.25) is 5.91 Å². The molecule has 1 aliphatic rings. The lowest BCUT2D eigenvalue weighted by molar-refractivity contribution is -0.162. The Labute approximate surface area is 173 Å². The molecule has 0 saturated heterocycles. The number of halogens is 3. The second-order valence-electron chi connectivity index (χ2n) is 7.08. The van der Waals surface area contributed by atoms with E-state index in [0.29, 0.717) is 36.6 Å². The van der Waals surface area contributed by atoms with Crippen molar-refractivity contribution in [3.05, 3.63) is 48.2 Å². The van der Waals surface area contributed by atoms with E-state index in [2.05, 4.69) is 15.6 Å². The molecule has 30 heavy (non-hydrogen) atoms. The number of carbonyl (C=O) groups is 1. The van der Waals surface area contributed by atoms with Gasteiger partial charge < -0.3 is 20.3 Å². The van der Waals surface area contributed by atoms with E-state index in [1.54, 1.807) is 31.3 Å². The molecular weight excluding hydrogens is 397 g/mol. The summed E-state index contributed by atoms with van der Waals surface area (Å²) < 4.78 is 44.6. The minimum Gasteiger partial charge on any atom is -0.494 e. The largest absolute Gasteiger partial charge is 0.494 e. The summed E-state index contributed by atoms with van der Waals surface area (Å²) in [5, 5.41) is 6.25. The number of rotatable bonds is 8. The van der Waals surface area contributed by atoms with Crippen LogP contribution in [0.3, 0.4) is 0 Å². The summed E-state index contributed by atoms with van der Waals surface area (Å²) >= 11 is 0. The van der Waals surface area contributed by atoms with Gasteiger partial charge in [0.1, 0.15) is 24.2 Å². The highest BCUT2D eigenvalue weighted by Crippen LogP contribution is 2.29. The van der Waals surface area contributed by atoms with Crippen LogP contribution in [-0.2, 0) is 11.3 Å². The molecule has 1 aliphatic heterocycles. The van der Waals surface area contributed by atoms with Crippen molar-refractivity contribution in [1.29, 1.82) is 0 Å². The van der Waals surface area contributed by atoms with Crippen molar-refractivity contribution in [3.8, 4) is 5.75 Å². The average Bonchev–Trinajstić information content (AvgIpc) is 2.83. The van der Waals surface area contributed by atoms with Crippen LogP contribution in [0.2, 0.25) is 0 Å². The van der Waals surface area contributed by atoms with E-state index < -0.39 is 24.7 Å². The average molecular weight is 422 g/mol. The number of amides is 1. The first-order valence-electron chi connectivity index (χ1n) is 9.88. The van der Waals surface area contributed by atoms with Gasteiger partial charge in [0.25, 0.3) is 0 Å². The zero-order valence-corrected chi connectivity index (χ0v) is 16.7. The van der Waals surface area contributed by atoms with E-state index in [0.717, 1.165) is 17.1 Å².